The van der Waals surface area contributed by atoms with Crippen LogP contribution in [-0.2, 0) is 0 Å². The van der Waals surface area contributed by atoms with Crippen molar-refractivity contribution in [2.75, 3.05) is 7.11 Å². The van der Waals surface area contributed by atoms with E-state index in [-0.39, 0.29) is 5.43 Å². The third kappa shape index (κ3) is 4.52. The molecule has 0 saturated carbocycles. The largest absolute Gasteiger partial charge is 0.496 e. The lowest BCUT2D eigenvalue weighted by Gasteiger charge is -2.09. The van der Waals surface area contributed by atoms with Crippen molar-refractivity contribution >= 4 is 22.2 Å². The minimum atomic E-state index is -0.00389. The number of hydrogen-bond donors (Lipinski definition) is 1. The van der Waals surface area contributed by atoms with Crippen LogP contribution in [0.3, 0.4) is 0 Å². The van der Waals surface area contributed by atoms with Gasteiger partial charge < -0.3 is 9.72 Å². The standard InChI is InChI=1S/C17H18N2O2S.2C2H6/c1-9(2)13-8-22-17(19-13)12-7-14(20)11-5-6-15(21-4)10(3)16(11)18-12;2*1-2/h5-9H,1-4H3,(H,18,20);2*1-2H3. The first-order valence-corrected chi connectivity index (χ1v) is 10.1. The minimum Gasteiger partial charge on any atom is -0.496 e. The van der Waals surface area contributed by atoms with Crippen molar-refractivity contribution in [1.29, 1.82) is 0 Å². The van der Waals surface area contributed by atoms with Gasteiger partial charge in [0.15, 0.2) is 5.43 Å². The molecule has 2 heterocycles. The van der Waals surface area contributed by atoms with E-state index in [2.05, 4.69) is 23.8 Å². The highest BCUT2D eigenvalue weighted by molar-refractivity contribution is 7.13. The molecule has 0 aliphatic carbocycles. The summed E-state index contributed by atoms with van der Waals surface area (Å²) in [5.74, 6) is 1.14. The SMILES string of the molecule is CC.CC.COc1ccc2c(=O)cc(-c3nc(C(C)C)cs3)[nH]c2c1C. The summed E-state index contributed by atoms with van der Waals surface area (Å²) in [5, 5.41) is 3.55. The molecule has 0 fully saturated rings. The Hall–Kier alpha value is -2.14. The van der Waals surface area contributed by atoms with Crippen molar-refractivity contribution in [2.45, 2.75) is 54.4 Å². The molecule has 1 N–H and O–H groups in total. The van der Waals surface area contributed by atoms with Crippen LogP contribution < -0.4 is 10.2 Å². The Morgan fingerprint density at radius 2 is 1.81 bits per heavy atom. The van der Waals surface area contributed by atoms with Crippen LogP contribution in [0.25, 0.3) is 21.6 Å². The predicted molar refractivity (Wildman–Crippen MR) is 114 cm³/mol. The molecule has 26 heavy (non-hydrogen) atoms. The number of thiazole rings is 1. The smallest absolute Gasteiger partial charge is 0.190 e. The van der Waals surface area contributed by atoms with Gasteiger partial charge in [-0.2, -0.15) is 0 Å². The summed E-state index contributed by atoms with van der Waals surface area (Å²) < 4.78 is 5.34. The van der Waals surface area contributed by atoms with Crippen LogP contribution in [0.1, 0.15) is 58.7 Å². The molecular weight excluding hydrogens is 344 g/mol. The maximum atomic E-state index is 12.4. The molecule has 0 unspecified atom stereocenters. The molecule has 5 heteroatoms. The number of rotatable bonds is 3. The minimum absolute atomic E-state index is 0.00389. The van der Waals surface area contributed by atoms with Crippen LogP contribution in [0, 0.1) is 6.92 Å². The maximum Gasteiger partial charge on any atom is 0.190 e. The third-order valence-corrected chi connectivity index (χ3v) is 4.67. The summed E-state index contributed by atoms with van der Waals surface area (Å²) in [7, 11) is 1.63. The van der Waals surface area contributed by atoms with Gasteiger partial charge in [0, 0.05) is 22.4 Å². The topological polar surface area (TPSA) is 55.0 Å². The van der Waals surface area contributed by atoms with E-state index in [0.717, 1.165) is 33.2 Å². The highest BCUT2D eigenvalue weighted by atomic mass is 32.1. The van der Waals surface area contributed by atoms with Gasteiger partial charge >= 0.3 is 0 Å². The number of nitrogens with zero attached hydrogens (tertiary/aromatic N) is 1. The highest BCUT2D eigenvalue weighted by Crippen LogP contribution is 2.28. The van der Waals surface area contributed by atoms with Gasteiger partial charge in [-0.3, -0.25) is 4.79 Å². The van der Waals surface area contributed by atoms with E-state index in [4.69, 9.17) is 4.74 Å². The Bertz CT molecular complexity index is 895. The summed E-state index contributed by atoms with van der Waals surface area (Å²) in [6.07, 6.45) is 0. The normalized spacial score (nSPS) is 10.0. The number of fused-ring (bicyclic) bond motifs is 1. The predicted octanol–water partition coefficient (Wildman–Crippen LogP) is 6.14. The average Bonchev–Trinajstić information content (AvgIpc) is 3.16. The molecule has 1 aromatic carbocycles. The van der Waals surface area contributed by atoms with Gasteiger partial charge in [0.05, 0.1) is 24.0 Å². The molecule has 3 rings (SSSR count). The molecule has 0 spiro atoms. The molecule has 3 aromatic rings. The molecular formula is C21H30N2O2S. The number of ether oxygens (including phenoxy) is 1. The summed E-state index contributed by atoms with van der Waals surface area (Å²) in [4.78, 5) is 20.3. The summed E-state index contributed by atoms with van der Waals surface area (Å²) in [6.45, 7) is 14.2. The van der Waals surface area contributed by atoms with Gasteiger partial charge in [-0.1, -0.05) is 41.5 Å². The summed E-state index contributed by atoms with van der Waals surface area (Å²) in [6, 6.07) is 5.25. The molecule has 142 valence electrons. The monoisotopic (exact) mass is 374 g/mol. The second kappa shape index (κ2) is 10.1. The molecule has 2 aromatic heterocycles. The number of aryl methyl sites for hydroxylation is 1. The molecule has 0 aliphatic rings. The molecule has 0 radical (unpaired) electrons. The van der Waals surface area contributed by atoms with Gasteiger partial charge in [0.25, 0.3) is 0 Å². The number of H-pyrrole nitrogens is 1. The van der Waals surface area contributed by atoms with Gasteiger partial charge in [-0.25, -0.2) is 4.98 Å². The van der Waals surface area contributed by atoms with Crippen LogP contribution in [0.4, 0.5) is 0 Å². The molecule has 0 amide bonds. The molecule has 0 aliphatic heterocycles. The first-order valence-electron chi connectivity index (χ1n) is 9.17. The van der Waals surface area contributed by atoms with Crippen LogP contribution in [0.15, 0.2) is 28.4 Å². The number of methoxy groups -OCH3 is 1. The van der Waals surface area contributed by atoms with Crippen LogP contribution in [0.2, 0.25) is 0 Å². The van der Waals surface area contributed by atoms with Crippen LogP contribution >= 0.6 is 11.3 Å². The fraction of sp³-hybridized carbons (Fsp3) is 0.429. The fourth-order valence-electron chi connectivity index (χ4n) is 2.45. The van der Waals surface area contributed by atoms with Crippen molar-refractivity contribution in [3.63, 3.8) is 0 Å². The van der Waals surface area contributed by atoms with Gasteiger partial charge in [0.2, 0.25) is 0 Å². The van der Waals surface area contributed by atoms with E-state index < -0.39 is 0 Å². The zero-order valence-electron chi connectivity index (χ0n) is 17.1. The van der Waals surface area contributed by atoms with E-state index in [1.165, 1.54) is 0 Å². The number of hydrogen-bond acceptors (Lipinski definition) is 4. The Balaban J connectivity index is 0.000000791. The van der Waals surface area contributed by atoms with Crippen molar-refractivity contribution in [3.8, 4) is 16.5 Å². The maximum absolute atomic E-state index is 12.4. The number of aromatic nitrogens is 2. The number of benzene rings is 1. The quantitative estimate of drug-likeness (QED) is 0.598. The Morgan fingerprint density at radius 3 is 2.35 bits per heavy atom. The van der Waals surface area contributed by atoms with Crippen molar-refractivity contribution in [2.24, 2.45) is 0 Å². The van der Waals surface area contributed by atoms with Crippen molar-refractivity contribution in [3.05, 3.63) is 45.1 Å². The molecule has 0 saturated heterocycles. The fourth-order valence-corrected chi connectivity index (χ4v) is 3.40. The molecule has 0 atom stereocenters. The highest BCUT2D eigenvalue weighted by Gasteiger charge is 2.12. The lowest BCUT2D eigenvalue weighted by molar-refractivity contribution is 0.412. The van der Waals surface area contributed by atoms with E-state index in [0.29, 0.717) is 11.3 Å². The first-order chi connectivity index (χ1) is 12.5. The Kier molecular flexibility index (Phi) is 8.52. The lowest BCUT2D eigenvalue weighted by atomic mass is 10.1. The number of aromatic amines is 1. The van der Waals surface area contributed by atoms with Crippen LogP contribution in [-0.4, -0.2) is 17.1 Å². The average molecular weight is 375 g/mol. The number of pyridine rings is 1. The van der Waals surface area contributed by atoms with E-state index in [1.54, 1.807) is 30.6 Å². The summed E-state index contributed by atoms with van der Waals surface area (Å²) in [5.41, 5.74) is 3.53. The zero-order valence-corrected chi connectivity index (χ0v) is 17.9. The number of nitrogens with one attached hydrogen (secondary N) is 1. The lowest BCUT2D eigenvalue weighted by Crippen LogP contribution is -2.04. The third-order valence-electron chi connectivity index (χ3n) is 3.78. The van der Waals surface area contributed by atoms with Gasteiger partial charge in [0.1, 0.15) is 10.8 Å². The second-order valence-electron chi connectivity index (χ2n) is 5.59. The van der Waals surface area contributed by atoms with Crippen molar-refractivity contribution in [1.82, 2.24) is 9.97 Å². The van der Waals surface area contributed by atoms with E-state index in [1.807, 2.05) is 46.1 Å². The van der Waals surface area contributed by atoms with Gasteiger partial charge in [-0.15, -0.1) is 11.3 Å². The second-order valence-corrected chi connectivity index (χ2v) is 6.45. The Morgan fingerprint density at radius 1 is 1.15 bits per heavy atom. The Labute approximate surface area is 160 Å². The first kappa shape index (κ1) is 21.9. The summed E-state index contributed by atoms with van der Waals surface area (Å²) >= 11 is 1.55. The van der Waals surface area contributed by atoms with Crippen LogP contribution in [0.5, 0.6) is 5.75 Å². The van der Waals surface area contributed by atoms with Crippen molar-refractivity contribution < 1.29 is 4.74 Å². The van der Waals surface area contributed by atoms with Gasteiger partial charge in [-0.05, 0) is 25.0 Å². The molecule has 4 nitrogen and oxygen atoms in total. The molecule has 0 bridgehead atoms. The van der Waals surface area contributed by atoms with E-state index in [9.17, 15) is 4.79 Å². The van der Waals surface area contributed by atoms with E-state index >= 15 is 0 Å². The zero-order chi connectivity index (χ0) is 19.9.